The minimum atomic E-state index is -3.55. The van der Waals surface area contributed by atoms with Gasteiger partial charge in [0.2, 0.25) is 10.0 Å². The largest absolute Gasteiger partial charge is 0.318 e. The van der Waals surface area contributed by atoms with E-state index in [2.05, 4.69) is 14.9 Å². The number of hydrogen-bond donors (Lipinski definition) is 1. The van der Waals surface area contributed by atoms with Gasteiger partial charge < -0.3 is 4.57 Å². The summed E-state index contributed by atoms with van der Waals surface area (Å²) in [5.41, 5.74) is 0.617. The van der Waals surface area contributed by atoms with E-state index in [1.807, 2.05) is 11.5 Å². The molecule has 0 unspecified atom stereocenters. The average molecular weight is 329 g/mol. The van der Waals surface area contributed by atoms with E-state index in [0.29, 0.717) is 17.0 Å². The fourth-order valence-electron chi connectivity index (χ4n) is 2.03. The molecule has 1 N–H and O–H groups in total. The summed E-state index contributed by atoms with van der Waals surface area (Å²) in [5.74, 6) is 0.757. The smallest absolute Gasteiger partial charge is 0.240 e. The van der Waals surface area contributed by atoms with Crippen molar-refractivity contribution in [2.24, 2.45) is 0 Å². The van der Waals surface area contributed by atoms with E-state index in [4.69, 9.17) is 11.6 Å². The molecule has 1 aromatic carbocycles. The molecule has 2 rings (SSSR count). The van der Waals surface area contributed by atoms with Crippen LogP contribution in [0.4, 0.5) is 0 Å². The van der Waals surface area contributed by atoms with Crippen molar-refractivity contribution in [3.8, 4) is 0 Å². The average Bonchev–Trinajstić information content (AvgIpc) is 2.85. The van der Waals surface area contributed by atoms with Crippen LogP contribution in [0, 0.1) is 6.92 Å². The fourth-order valence-corrected chi connectivity index (χ4v) is 3.51. The lowest BCUT2D eigenvalue weighted by Gasteiger charge is -2.09. The molecule has 1 heterocycles. The van der Waals surface area contributed by atoms with Gasteiger partial charge in [-0.2, -0.15) is 0 Å². The van der Waals surface area contributed by atoms with Gasteiger partial charge in [-0.1, -0.05) is 11.6 Å². The maximum absolute atomic E-state index is 12.3. The molecule has 0 fully saturated rings. The minimum Gasteiger partial charge on any atom is -0.318 e. The number of nitrogens with zero attached hydrogens (tertiary/aromatic N) is 3. The Balaban J connectivity index is 2.05. The molecule has 114 valence electrons. The van der Waals surface area contributed by atoms with E-state index in [1.54, 1.807) is 25.4 Å². The number of sulfonamides is 1. The van der Waals surface area contributed by atoms with E-state index < -0.39 is 10.0 Å². The number of hydrogen-bond acceptors (Lipinski definition) is 4. The molecule has 0 radical (unpaired) electrons. The molecule has 0 saturated heterocycles. The maximum Gasteiger partial charge on any atom is 0.240 e. The third-order valence-electron chi connectivity index (χ3n) is 3.10. The molecule has 1 aromatic heterocycles. The van der Waals surface area contributed by atoms with Gasteiger partial charge in [-0.25, -0.2) is 13.1 Å². The molecule has 0 bridgehead atoms. The first-order valence-electron chi connectivity index (χ1n) is 6.56. The molecule has 0 atom stereocenters. The zero-order valence-electron chi connectivity index (χ0n) is 11.9. The number of benzene rings is 1. The molecule has 0 spiro atoms. The predicted octanol–water partition coefficient (Wildman–Crippen LogP) is 1.78. The van der Waals surface area contributed by atoms with Crippen LogP contribution in [-0.2, 0) is 23.0 Å². The number of rotatable bonds is 6. The molecule has 21 heavy (non-hydrogen) atoms. The van der Waals surface area contributed by atoms with Crippen LogP contribution in [0.1, 0.15) is 18.3 Å². The van der Waals surface area contributed by atoms with Crippen molar-refractivity contribution < 1.29 is 8.42 Å². The molecule has 8 heteroatoms. The third-order valence-corrected chi connectivity index (χ3v) is 4.96. The lowest BCUT2D eigenvalue weighted by atomic mass is 10.2. The Labute approximate surface area is 129 Å². The van der Waals surface area contributed by atoms with Crippen molar-refractivity contribution in [1.29, 1.82) is 0 Å². The highest BCUT2D eigenvalue weighted by Gasteiger charge is 2.16. The van der Waals surface area contributed by atoms with Crippen LogP contribution in [-0.4, -0.2) is 29.7 Å². The Morgan fingerprint density at radius 2 is 2.14 bits per heavy atom. The van der Waals surface area contributed by atoms with Crippen molar-refractivity contribution in [1.82, 2.24) is 19.5 Å². The summed E-state index contributed by atoms with van der Waals surface area (Å²) in [6.45, 7) is 4.72. The van der Waals surface area contributed by atoms with Crippen molar-refractivity contribution in [2.75, 3.05) is 6.54 Å². The lowest BCUT2D eigenvalue weighted by molar-refractivity contribution is 0.578. The Kier molecular flexibility index (Phi) is 4.97. The number of nitrogens with one attached hydrogen (secondary N) is 1. The van der Waals surface area contributed by atoms with Gasteiger partial charge in [0.05, 0.1) is 4.90 Å². The van der Waals surface area contributed by atoms with Gasteiger partial charge in [0.25, 0.3) is 0 Å². The first kappa shape index (κ1) is 15.9. The van der Waals surface area contributed by atoms with Crippen LogP contribution in [0.3, 0.4) is 0 Å². The molecular weight excluding hydrogens is 312 g/mol. The quantitative estimate of drug-likeness (QED) is 0.877. The maximum atomic E-state index is 12.3. The summed E-state index contributed by atoms with van der Waals surface area (Å²) in [7, 11) is -3.55. The van der Waals surface area contributed by atoms with Crippen molar-refractivity contribution >= 4 is 21.6 Å². The van der Waals surface area contributed by atoms with Gasteiger partial charge in [0.15, 0.2) is 0 Å². The number of aryl methyl sites for hydroxylation is 2. The zero-order valence-corrected chi connectivity index (χ0v) is 13.4. The highest BCUT2D eigenvalue weighted by atomic mass is 35.5. The highest BCUT2D eigenvalue weighted by molar-refractivity contribution is 7.89. The monoisotopic (exact) mass is 328 g/mol. The van der Waals surface area contributed by atoms with Gasteiger partial charge in [-0.05, 0) is 37.6 Å². The topological polar surface area (TPSA) is 76.9 Å². The second-order valence-electron chi connectivity index (χ2n) is 4.59. The van der Waals surface area contributed by atoms with Gasteiger partial charge in [0.1, 0.15) is 12.2 Å². The molecule has 0 aliphatic heterocycles. The molecule has 0 aliphatic carbocycles. The van der Waals surface area contributed by atoms with Crippen LogP contribution in [0.5, 0.6) is 0 Å². The number of halogens is 1. The summed E-state index contributed by atoms with van der Waals surface area (Å²) < 4.78 is 29.0. The van der Waals surface area contributed by atoms with E-state index in [0.717, 1.165) is 12.4 Å². The van der Waals surface area contributed by atoms with E-state index in [9.17, 15) is 8.42 Å². The summed E-state index contributed by atoms with van der Waals surface area (Å²) in [4.78, 5) is 0.240. The fraction of sp³-hybridized carbons (Fsp3) is 0.385. The van der Waals surface area contributed by atoms with Crippen LogP contribution in [0.25, 0.3) is 0 Å². The third kappa shape index (κ3) is 3.81. The van der Waals surface area contributed by atoms with Crippen LogP contribution >= 0.6 is 11.6 Å². The highest BCUT2D eigenvalue weighted by Crippen LogP contribution is 2.19. The Bertz CT molecular complexity index is 728. The summed E-state index contributed by atoms with van der Waals surface area (Å²) >= 11 is 5.84. The van der Waals surface area contributed by atoms with Gasteiger partial charge in [-0.3, -0.25) is 0 Å². The molecule has 0 aliphatic rings. The predicted molar refractivity (Wildman–Crippen MR) is 80.8 cm³/mol. The van der Waals surface area contributed by atoms with E-state index in [-0.39, 0.29) is 11.4 Å². The first-order chi connectivity index (χ1) is 9.94. The van der Waals surface area contributed by atoms with Gasteiger partial charge in [0, 0.05) is 24.5 Å². The number of aromatic nitrogens is 3. The van der Waals surface area contributed by atoms with Crippen molar-refractivity contribution in [3.05, 3.63) is 40.9 Å². The van der Waals surface area contributed by atoms with Crippen LogP contribution < -0.4 is 4.72 Å². The summed E-state index contributed by atoms with van der Waals surface area (Å²) in [5, 5.41) is 8.30. The van der Waals surface area contributed by atoms with Crippen LogP contribution in [0.2, 0.25) is 5.02 Å². The van der Waals surface area contributed by atoms with Gasteiger partial charge >= 0.3 is 0 Å². The Morgan fingerprint density at radius 3 is 2.81 bits per heavy atom. The van der Waals surface area contributed by atoms with Gasteiger partial charge in [-0.15, -0.1) is 10.2 Å². The Hall–Kier alpha value is -1.44. The summed E-state index contributed by atoms with van der Waals surface area (Å²) in [6.07, 6.45) is 2.12. The molecule has 6 nitrogen and oxygen atoms in total. The second-order valence-corrected chi connectivity index (χ2v) is 6.76. The standard InChI is InChI=1S/C13H17ClN4O2S/c1-3-18-9-15-17-13(18)6-7-16-21(19,20)12-5-4-11(14)8-10(12)2/h4-5,8-9,16H,3,6-7H2,1-2H3. The molecule has 2 aromatic rings. The van der Waals surface area contributed by atoms with Crippen LogP contribution in [0.15, 0.2) is 29.4 Å². The molecule has 0 amide bonds. The zero-order chi connectivity index (χ0) is 15.5. The molecular formula is C13H17ClN4O2S. The Morgan fingerprint density at radius 1 is 1.38 bits per heavy atom. The minimum absolute atomic E-state index is 0.240. The second kappa shape index (κ2) is 6.55. The van der Waals surface area contributed by atoms with Crippen molar-refractivity contribution in [2.45, 2.75) is 31.7 Å². The van der Waals surface area contributed by atoms with E-state index >= 15 is 0 Å². The van der Waals surface area contributed by atoms with E-state index in [1.165, 1.54) is 6.07 Å². The SMILES string of the molecule is CCn1cnnc1CCNS(=O)(=O)c1ccc(Cl)cc1C. The molecule has 0 saturated carbocycles. The normalized spacial score (nSPS) is 11.8. The summed E-state index contributed by atoms with van der Waals surface area (Å²) in [6, 6.07) is 4.70. The first-order valence-corrected chi connectivity index (χ1v) is 8.42. The lowest BCUT2D eigenvalue weighted by Crippen LogP contribution is -2.27. The van der Waals surface area contributed by atoms with Crippen molar-refractivity contribution in [3.63, 3.8) is 0 Å².